The van der Waals surface area contributed by atoms with Crippen molar-refractivity contribution in [2.45, 2.75) is 25.9 Å². The van der Waals surface area contributed by atoms with Crippen LogP contribution in [0.1, 0.15) is 13.8 Å². The van der Waals surface area contributed by atoms with Crippen molar-refractivity contribution in [3.8, 4) is 0 Å². The van der Waals surface area contributed by atoms with Gasteiger partial charge < -0.3 is 25.6 Å². The van der Waals surface area contributed by atoms with Gasteiger partial charge in [0.25, 0.3) is 0 Å². The first-order valence-corrected chi connectivity index (χ1v) is 5.32. The number of nitrogens with one attached hydrogen (secondary N) is 2. The standard InChI is InChI=1S/C10H20N2O5/c1-6(2)8(5-17-3)12-10(16)11-7(4-13)9(14)15/h6-8,13H,4-5H2,1-3H3,(H,14,15)(H2,11,12,16). The summed E-state index contributed by atoms with van der Waals surface area (Å²) in [5, 5.41) is 22.1. The molecular formula is C10H20N2O5. The first-order valence-electron chi connectivity index (χ1n) is 5.32. The largest absolute Gasteiger partial charge is 0.480 e. The molecule has 17 heavy (non-hydrogen) atoms. The molecule has 100 valence electrons. The maximum absolute atomic E-state index is 11.5. The molecule has 0 radical (unpaired) electrons. The van der Waals surface area contributed by atoms with E-state index in [0.29, 0.717) is 6.61 Å². The van der Waals surface area contributed by atoms with E-state index in [9.17, 15) is 9.59 Å². The Hall–Kier alpha value is -1.34. The second-order valence-electron chi connectivity index (χ2n) is 4.00. The van der Waals surface area contributed by atoms with E-state index in [1.807, 2.05) is 13.8 Å². The van der Waals surface area contributed by atoms with E-state index >= 15 is 0 Å². The zero-order valence-corrected chi connectivity index (χ0v) is 10.3. The van der Waals surface area contributed by atoms with Crippen LogP contribution in [0.15, 0.2) is 0 Å². The number of aliphatic hydroxyl groups is 1. The number of methoxy groups -OCH3 is 1. The summed E-state index contributed by atoms with van der Waals surface area (Å²) in [7, 11) is 1.52. The fraction of sp³-hybridized carbons (Fsp3) is 0.800. The number of carbonyl (C=O) groups is 2. The molecule has 0 fully saturated rings. The monoisotopic (exact) mass is 248 g/mol. The van der Waals surface area contributed by atoms with Gasteiger partial charge >= 0.3 is 12.0 Å². The highest BCUT2D eigenvalue weighted by Gasteiger charge is 2.21. The summed E-state index contributed by atoms with van der Waals surface area (Å²) < 4.78 is 4.94. The molecule has 0 bridgehead atoms. The molecule has 2 unspecified atom stereocenters. The first kappa shape index (κ1) is 15.7. The van der Waals surface area contributed by atoms with Crippen LogP contribution in [-0.2, 0) is 9.53 Å². The summed E-state index contributed by atoms with van der Waals surface area (Å²) in [6.45, 7) is 3.50. The molecule has 0 heterocycles. The summed E-state index contributed by atoms with van der Waals surface area (Å²) in [6.07, 6.45) is 0. The Morgan fingerprint density at radius 2 is 1.88 bits per heavy atom. The lowest BCUT2D eigenvalue weighted by molar-refractivity contribution is -0.140. The number of hydrogen-bond acceptors (Lipinski definition) is 4. The highest BCUT2D eigenvalue weighted by atomic mass is 16.5. The smallest absolute Gasteiger partial charge is 0.328 e. The molecule has 2 amide bonds. The van der Waals surface area contributed by atoms with Gasteiger partial charge in [-0.1, -0.05) is 13.8 Å². The highest BCUT2D eigenvalue weighted by Crippen LogP contribution is 2.01. The molecule has 0 aliphatic rings. The minimum absolute atomic E-state index is 0.151. The van der Waals surface area contributed by atoms with E-state index in [4.69, 9.17) is 14.9 Å². The van der Waals surface area contributed by atoms with Crippen LogP contribution in [0.3, 0.4) is 0 Å². The van der Waals surface area contributed by atoms with Gasteiger partial charge in [0.1, 0.15) is 0 Å². The van der Waals surface area contributed by atoms with Gasteiger partial charge in [-0.2, -0.15) is 0 Å². The molecule has 0 aromatic rings. The van der Waals surface area contributed by atoms with Gasteiger partial charge in [-0.15, -0.1) is 0 Å². The number of urea groups is 1. The average Bonchev–Trinajstić information content (AvgIpc) is 2.24. The molecule has 4 N–H and O–H groups in total. The van der Waals surface area contributed by atoms with Gasteiger partial charge in [0.05, 0.1) is 19.3 Å². The molecular weight excluding hydrogens is 228 g/mol. The molecule has 0 aliphatic heterocycles. The van der Waals surface area contributed by atoms with Crippen LogP contribution in [0, 0.1) is 5.92 Å². The Kier molecular flexibility index (Phi) is 7.24. The molecule has 0 aromatic carbocycles. The summed E-state index contributed by atoms with van der Waals surface area (Å²) in [6, 6.07) is -2.15. The molecule has 7 heteroatoms. The number of aliphatic carboxylic acids is 1. The van der Waals surface area contributed by atoms with E-state index in [2.05, 4.69) is 10.6 Å². The Morgan fingerprint density at radius 1 is 1.29 bits per heavy atom. The predicted molar refractivity (Wildman–Crippen MR) is 60.7 cm³/mol. The average molecular weight is 248 g/mol. The second kappa shape index (κ2) is 7.86. The summed E-state index contributed by atoms with van der Waals surface area (Å²) >= 11 is 0. The summed E-state index contributed by atoms with van der Waals surface area (Å²) in [5.74, 6) is -1.13. The number of carboxylic acids is 1. The number of carboxylic acid groups (broad SMARTS) is 1. The number of hydrogen-bond donors (Lipinski definition) is 4. The van der Waals surface area contributed by atoms with Crippen molar-refractivity contribution in [1.82, 2.24) is 10.6 Å². The third kappa shape index (κ3) is 6.08. The lowest BCUT2D eigenvalue weighted by Crippen LogP contribution is -2.52. The van der Waals surface area contributed by atoms with Crippen LogP contribution in [0.5, 0.6) is 0 Å². The van der Waals surface area contributed by atoms with Crippen molar-refractivity contribution in [2.75, 3.05) is 20.3 Å². The van der Waals surface area contributed by atoms with Crippen molar-refractivity contribution in [1.29, 1.82) is 0 Å². The Morgan fingerprint density at radius 3 is 2.24 bits per heavy atom. The molecule has 0 aromatic heterocycles. The fourth-order valence-electron chi connectivity index (χ4n) is 1.13. The van der Waals surface area contributed by atoms with E-state index in [-0.39, 0.29) is 12.0 Å². The maximum atomic E-state index is 11.5. The van der Waals surface area contributed by atoms with E-state index in [1.165, 1.54) is 7.11 Å². The van der Waals surface area contributed by atoms with E-state index in [0.717, 1.165) is 0 Å². The number of carbonyl (C=O) groups excluding carboxylic acids is 1. The maximum Gasteiger partial charge on any atom is 0.328 e. The molecule has 7 nitrogen and oxygen atoms in total. The Labute approximate surface area is 100 Å². The lowest BCUT2D eigenvalue weighted by atomic mass is 10.1. The van der Waals surface area contributed by atoms with Gasteiger partial charge in [0.15, 0.2) is 6.04 Å². The quantitative estimate of drug-likeness (QED) is 0.481. The third-order valence-electron chi connectivity index (χ3n) is 2.25. The van der Waals surface area contributed by atoms with Gasteiger partial charge in [0, 0.05) is 7.11 Å². The molecule has 2 atom stereocenters. The van der Waals surface area contributed by atoms with Crippen LogP contribution < -0.4 is 10.6 Å². The van der Waals surface area contributed by atoms with Crippen molar-refractivity contribution >= 4 is 12.0 Å². The molecule has 0 saturated carbocycles. The Bertz CT molecular complexity index is 257. The van der Waals surface area contributed by atoms with Gasteiger partial charge in [-0.3, -0.25) is 0 Å². The zero-order valence-electron chi connectivity index (χ0n) is 10.3. The van der Waals surface area contributed by atoms with Crippen LogP contribution in [-0.4, -0.2) is 54.6 Å². The van der Waals surface area contributed by atoms with Crippen molar-refractivity contribution < 1.29 is 24.5 Å². The molecule has 0 aliphatic carbocycles. The fourth-order valence-corrected chi connectivity index (χ4v) is 1.13. The Balaban J connectivity index is 4.26. The molecule has 0 spiro atoms. The number of amides is 2. The first-order chi connectivity index (χ1) is 7.92. The number of aliphatic hydroxyl groups excluding tert-OH is 1. The number of ether oxygens (including phenoxy) is 1. The minimum atomic E-state index is -1.30. The van der Waals surface area contributed by atoms with Crippen molar-refractivity contribution in [3.05, 3.63) is 0 Å². The number of rotatable bonds is 7. The minimum Gasteiger partial charge on any atom is -0.480 e. The molecule has 0 saturated heterocycles. The van der Waals surface area contributed by atoms with Gasteiger partial charge in [-0.05, 0) is 5.92 Å². The topological polar surface area (TPSA) is 108 Å². The van der Waals surface area contributed by atoms with Crippen LogP contribution in [0.25, 0.3) is 0 Å². The second-order valence-corrected chi connectivity index (χ2v) is 4.00. The predicted octanol–water partition coefficient (Wildman–Crippen LogP) is -0.598. The van der Waals surface area contributed by atoms with E-state index < -0.39 is 24.6 Å². The van der Waals surface area contributed by atoms with E-state index in [1.54, 1.807) is 0 Å². The summed E-state index contributed by atoms with van der Waals surface area (Å²) in [4.78, 5) is 22.0. The highest BCUT2D eigenvalue weighted by molar-refractivity contribution is 5.82. The zero-order chi connectivity index (χ0) is 13.4. The SMILES string of the molecule is COCC(NC(=O)NC(CO)C(=O)O)C(C)C. The van der Waals surface area contributed by atoms with Crippen LogP contribution in [0.2, 0.25) is 0 Å². The van der Waals surface area contributed by atoms with Crippen molar-refractivity contribution in [2.24, 2.45) is 5.92 Å². The lowest BCUT2D eigenvalue weighted by Gasteiger charge is -2.22. The van der Waals surface area contributed by atoms with Gasteiger partial charge in [-0.25, -0.2) is 9.59 Å². The van der Waals surface area contributed by atoms with Crippen LogP contribution >= 0.6 is 0 Å². The van der Waals surface area contributed by atoms with Crippen LogP contribution in [0.4, 0.5) is 4.79 Å². The van der Waals surface area contributed by atoms with Crippen molar-refractivity contribution in [3.63, 3.8) is 0 Å². The summed E-state index contributed by atoms with van der Waals surface area (Å²) in [5.41, 5.74) is 0. The van der Waals surface area contributed by atoms with Gasteiger partial charge in [0.2, 0.25) is 0 Å². The molecule has 0 rings (SSSR count). The third-order valence-corrected chi connectivity index (χ3v) is 2.25. The normalized spacial score (nSPS) is 14.2.